The lowest BCUT2D eigenvalue weighted by Gasteiger charge is -2.18. The molecular weight excluding hydrogens is 220 g/mol. The van der Waals surface area contributed by atoms with E-state index in [1.165, 1.54) is 18.9 Å². The van der Waals surface area contributed by atoms with E-state index in [-0.39, 0.29) is 0 Å². The van der Waals surface area contributed by atoms with Crippen LogP contribution in [0.1, 0.15) is 12.5 Å². The first-order valence-electron chi connectivity index (χ1n) is 5.18. The van der Waals surface area contributed by atoms with Crippen molar-refractivity contribution in [1.29, 1.82) is 0 Å². The third-order valence-corrected chi connectivity index (χ3v) is 2.36. The molecule has 0 aliphatic rings. The van der Waals surface area contributed by atoms with Crippen molar-refractivity contribution in [3.8, 4) is 0 Å². The maximum Gasteiger partial charge on any atom is 0.258 e. The van der Waals surface area contributed by atoms with Crippen molar-refractivity contribution in [1.82, 2.24) is 4.90 Å². The van der Waals surface area contributed by atoms with E-state index in [2.05, 4.69) is 5.18 Å². The Hall–Kier alpha value is -2.04. The predicted molar refractivity (Wildman–Crippen MR) is 63.2 cm³/mol. The molecule has 1 amide bonds. The van der Waals surface area contributed by atoms with Crippen molar-refractivity contribution in [2.24, 2.45) is 5.18 Å². The van der Waals surface area contributed by atoms with Gasteiger partial charge in [0.05, 0.1) is 0 Å². The Morgan fingerprint density at radius 1 is 1.29 bits per heavy atom. The highest BCUT2D eigenvalue weighted by atomic mass is 16.3. The number of nitroso groups, excluding NO2 is 1. The van der Waals surface area contributed by atoms with Gasteiger partial charge in [-0.1, -0.05) is 30.3 Å². The summed E-state index contributed by atoms with van der Waals surface area (Å²) in [6.45, 7) is 1.53. The van der Waals surface area contributed by atoms with E-state index in [0.717, 1.165) is 5.56 Å². The van der Waals surface area contributed by atoms with Crippen LogP contribution in [0.3, 0.4) is 0 Å². The number of ketones is 1. The largest absolute Gasteiger partial charge is 0.339 e. The Morgan fingerprint density at radius 2 is 1.88 bits per heavy atom. The average Bonchev–Trinajstić information content (AvgIpc) is 2.30. The number of likely N-dealkylation sites (N-methyl/N-ethyl adjacent to an activating group) is 1. The van der Waals surface area contributed by atoms with Crippen molar-refractivity contribution in [3.05, 3.63) is 40.8 Å². The number of carbonyl (C=O) groups excluding carboxylic acids is 2. The number of nitrogens with zero attached hydrogens (tertiary/aromatic N) is 2. The molecule has 17 heavy (non-hydrogen) atoms. The van der Waals surface area contributed by atoms with E-state index < -0.39 is 17.7 Å². The van der Waals surface area contributed by atoms with Crippen LogP contribution < -0.4 is 0 Å². The Balaban J connectivity index is 2.70. The zero-order chi connectivity index (χ0) is 12.8. The fourth-order valence-electron chi connectivity index (χ4n) is 1.44. The standard InChI is InChI=1S/C12H14N2O3/c1-9(15)11(13-17)12(16)14(2)8-10-6-4-3-5-7-10/h3-7,11H,8H2,1-2H3. The molecule has 0 heterocycles. The molecule has 0 aliphatic heterocycles. The first-order valence-corrected chi connectivity index (χ1v) is 5.18. The second-order valence-corrected chi connectivity index (χ2v) is 3.80. The molecular formula is C12H14N2O3. The van der Waals surface area contributed by atoms with Gasteiger partial charge >= 0.3 is 0 Å². The van der Waals surface area contributed by atoms with Gasteiger partial charge in [-0.25, -0.2) is 0 Å². The van der Waals surface area contributed by atoms with E-state index in [1.54, 1.807) is 0 Å². The number of benzene rings is 1. The zero-order valence-corrected chi connectivity index (χ0v) is 9.79. The lowest BCUT2D eigenvalue weighted by molar-refractivity contribution is -0.136. The summed E-state index contributed by atoms with van der Waals surface area (Å²) in [4.78, 5) is 34.5. The molecule has 0 spiro atoms. The van der Waals surface area contributed by atoms with Gasteiger partial charge in [0.2, 0.25) is 6.04 Å². The fraction of sp³-hybridized carbons (Fsp3) is 0.333. The van der Waals surface area contributed by atoms with Gasteiger partial charge in [-0.15, -0.1) is 4.91 Å². The first-order chi connectivity index (χ1) is 8.06. The molecule has 0 saturated heterocycles. The van der Waals surface area contributed by atoms with Crippen LogP contribution in [0.25, 0.3) is 0 Å². The number of rotatable bonds is 5. The summed E-state index contributed by atoms with van der Waals surface area (Å²) in [5.41, 5.74) is 0.927. The summed E-state index contributed by atoms with van der Waals surface area (Å²) in [5, 5.41) is 2.56. The van der Waals surface area contributed by atoms with Crippen LogP contribution in [0.2, 0.25) is 0 Å². The highest BCUT2D eigenvalue weighted by Crippen LogP contribution is 2.06. The topological polar surface area (TPSA) is 66.8 Å². The molecule has 90 valence electrons. The van der Waals surface area contributed by atoms with E-state index in [1.807, 2.05) is 30.3 Å². The van der Waals surface area contributed by atoms with Gasteiger partial charge in [0, 0.05) is 13.6 Å². The molecule has 0 N–H and O–H groups in total. The summed E-state index contributed by atoms with van der Waals surface area (Å²) < 4.78 is 0. The zero-order valence-electron chi connectivity index (χ0n) is 9.79. The molecule has 1 aromatic carbocycles. The predicted octanol–water partition coefficient (Wildman–Crippen LogP) is 1.37. The van der Waals surface area contributed by atoms with Gasteiger partial charge in [0.1, 0.15) is 0 Å². The van der Waals surface area contributed by atoms with Crippen LogP contribution in [0.5, 0.6) is 0 Å². The second-order valence-electron chi connectivity index (χ2n) is 3.80. The normalized spacial score (nSPS) is 11.6. The van der Waals surface area contributed by atoms with Crippen molar-refractivity contribution >= 4 is 11.7 Å². The molecule has 1 aromatic rings. The van der Waals surface area contributed by atoms with E-state index in [9.17, 15) is 14.5 Å². The Morgan fingerprint density at radius 3 is 2.35 bits per heavy atom. The molecule has 0 saturated carbocycles. The highest BCUT2D eigenvalue weighted by molar-refractivity contribution is 6.04. The highest BCUT2D eigenvalue weighted by Gasteiger charge is 2.27. The number of hydrogen-bond acceptors (Lipinski definition) is 4. The summed E-state index contributed by atoms with van der Waals surface area (Å²) in [5.74, 6) is -1.11. The number of hydrogen-bond donors (Lipinski definition) is 0. The minimum Gasteiger partial charge on any atom is -0.339 e. The maximum atomic E-state index is 11.7. The maximum absolute atomic E-state index is 11.7. The van der Waals surface area contributed by atoms with Crippen molar-refractivity contribution in [2.45, 2.75) is 19.5 Å². The van der Waals surface area contributed by atoms with Gasteiger partial charge < -0.3 is 4.90 Å². The molecule has 1 unspecified atom stereocenters. The lowest BCUT2D eigenvalue weighted by Crippen LogP contribution is -2.38. The monoisotopic (exact) mass is 234 g/mol. The Kier molecular flexibility index (Phi) is 4.51. The lowest BCUT2D eigenvalue weighted by atomic mass is 10.1. The van der Waals surface area contributed by atoms with Crippen molar-refractivity contribution < 1.29 is 9.59 Å². The molecule has 5 heteroatoms. The van der Waals surface area contributed by atoms with Crippen LogP contribution in [0.15, 0.2) is 35.5 Å². The molecule has 0 bridgehead atoms. The fourth-order valence-corrected chi connectivity index (χ4v) is 1.44. The minimum absolute atomic E-state index is 0.346. The Labute approximate surface area is 99.4 Å². The number of Topliss-reactive ketones (excluding diaryl/α,β-unsaturated/α-hetero) is 1. The second kappa shape index (κ2) is 5.89. The molecule has 0 fully saturated rings. The van der Waals surface area contributed by atoms with E-state index in [0.29, 0.717) is 6.54 Å². The van der Waals surface area contributed by atoms with Gasteiger partial charge in [0.25, 0.3) is 5.91 Å². The number of amides is 1. The van der Waals surface area contributed by atoms with Crippen LogP contribution in [0, 0.1) is 4.91 Å². The van der Waals surface area contributed by atoms with E-state index >= 15 is 0 Å². The third-order valence-electron chi connectivity index (χ3n) is 2.36. The third kappa shape index (κ3) is 3.48. The quantitative estimate of drug-likeness (QED) is 0.570. The van der Waals surface area contributed by atoms with Crippen LogP contribution >= 0.6 is 0 Å². The first kappa shape index (κ1) is 13.0. The SMILES string of the molecule is CC(=O)C(N=O)C(=O)N(C)Cc1ccccc1. The van der Waals surface area contributed by atoms with Crippen LogP contribution in [-0.4, -0.2) is 29.7 Å². The van der Waals surface area contributed by atoms with Gasteiger partial charge in [-0.2, -0.15) is 0 Å². The van der Waals surface area contributed by atoms with Gasteiger partial charge in [-0.05, 0) is 17.7 Å². The molecule has 0 radical (unpaired) electrons. The molecule has 1 atom stereocenters. The van der Waals surface area contributed by atoms with Gasteiger partial charge in [-0.3, -0.25) is 9.59 Å². The Bertz CT molecular complexity index is 417. The molecule has 5 nitrogen and oxygen atoms in total. The summed E-state index contributed by atoms with van der Waals surface area (Å²) in [6, 6.07) is 7.88. The van der Waals surface area contributed by atoms with Crippen LogP contribution in [0.4, 0.5) is 0 Å². The molecule has 0 aliphatic carbocycles. The minimum atomic E-state index is -1.43. The summed E-state index contributed by atoms with van der Waals surface area (Å²) in [6.07, 6.45) is 0. The molecule has 0 aromatic heterocycles. The summed E-state index contributed by atoms with van der Waals surface area (Å²) >= 11 is 0. The van der Waals surface area contributed by atoms with Crippen molar-refractivity contribution in [3.63, 3.8) is 0 Å². The summed E-state index contributed by atoms with van der Waals surface area (Å²) in [7, 11) is 1.54. The van der Waals surface area contributed by atoms with E-state index in [4.69, 9.17) is 0 Å². The average molecular weight is 234 g/mol. The van der Waals surface area contributed by atoms with Gasteiger partial charge in [0.15, 0.2) is 5.78 Å². The van der Waals surface area contributed by atoms with Crippen LogP contribution in [-0.2, 0) is 16.1 Å². The van der Waals surface area contributed by atoms with Crippen molar-refractivity contribution in [2.75, 3.05) is 7.05 Å². The smallest absolute Gasteiger partial charge is 0.258 e. The molecule has 1 rings (SSSR count). The number of carbonyl (C=O) groups is 2.